The number of hydrogen-bond donors (Lipinski definition) is 2. The van der Waals surface area contributed by atoms with E-state index in [4.69, 9.17) is 0 Å². The summed E-state index contributed by atoms with van der Waals surface area (Å²) in [7, 11) is -3.31. The first-order valence-electron chi connectivity index (χ1n) is 5.65. The predicted molar refractivity (Wildman–Crippen MR) is 80.3 cm³/mol. The summed E-state index contributed by atoms with van der Waals surface area (Å²) in [6.45, 7) is 0.492. The normalized spacial score (nSPS) is 15.7. The van der Waals surface area contributed by atoms with Gasteiger partial charge in [0.05, 0.1) is 11.4 Å². The zero-order chi connectivity index (χ0) is 13.2. The number of sulfonamides is 1. The van der Waals surface area contributed by atoms with Crippen molar-refractivity contribution in [2.45, 2.75) is 18.9 Å². The molecule has 1 aliphatic carbocycles. The lowest BCUT2D eigenvalue weighted by Crippen LogP contribution is -2.28. The van der Waals surface area contributed by atoms with Gasteiger partial charge in [-0.3, -0.25) is 4.72 Å². The lowest BCUT2D eigenvalue weighted by Gasteiger charge is -2.10. The van der Waals surface area contributed by atoms with Gasteiger partial charge < -0.3 is 5.32 Å². The van der Waals surface area contributed by atoms with Gasteiger partial charge in [-0.25, -0.2) is 8.42 Å². The molecule has 0 amide bonds. The Labute approximate surface area is 124 Å². The molecule has 0 unspecified atom stereocenters. The first-order valence-corrected chi connectivity index (χ1v) is 8.89. The van der Waals surface area contributed by atoms with Gasteiger partial charge in [0.25, 0.3) is 0 Å². The lowest BCUT2D eigenvalue weighted by atomic mass is 10.3. The molecular weight excluding hydrogens is 384 g/mol. The number of halogens is 2. The van der Waals surface area contributed by atoms with Crippen molar-refractivity contribution < 1.29 is 8.42 Å². The maximum atomic E-state index is 11.9. The van der Waals surface area contributed by atoms with Crippen LogP contribution in [-0.2, 0) is 10.0 Å². The second-order valence-electron chi connectivity index (χ2n) is 4.27. The highest BCUT2D eigenvalue weighted by Crippen LogP contribution is 2.27. The van der Waals surface area contributed by atoms with Crippen LogP contribution in [-0.4, -0.2) is 26.8 Å². The van der Waals surface area contributed by atoms with Crippen molar-refractivity contribution in [1.82, 2.24) is 5.32 Å². The molecular formula is C11H14Br2N2O2S. The maximum absolute atomic E-state index is 11.9. The highest BCUT2D eigenvalue weighted by molar-refractivity contribution is 9.11. The van der Waals surface area contributed by atoms with Gasteiger partial charge in [0.15, 0.2) is 0 Å². The molecule has 0 atom stereocenters. The molecule has 0 aliphatic heterocycles. The summed E-state index contributed by atoms with van der Waals surface area (Å²) in [5.74, 6) is 0.0858. The SMILES string of the molecule is O=S(=O)(CCNC1CC1)Nc1cc(Br)ccc1Br. The summed E-state index contributed by atoms with van der Waals surface area (Å²) in [5, 5.41) is 3.18. The van der Waals surface area contributed by atoms with E-state index in [1.165, 1.54) is 0 Å². The summed E-state index contributed by atoms with van der Waals surface area (Å²) in [4.78, 5) is 0. The van der Waals surface area contributed by atoms with Crippen LogP contribution in [0.4, 0.5) is 5.69 Å². The van der Waals surface area contributed by atoms with E-state index < -0.39 is 10.0 Å². The Morgan fingerprint density at radius 1 is 1.28 bits per heavy atom. The Hall–Kier alpha value is -0.110. The minimum Gasteiger partial charge on any atom is -0.313 e. The maximum Gasteiger partial charge on any atom is 0.234 e. The zero-order valence-electron chi connectivity index (χ0n) is 9.62. The third-order valence-corrected chi connectivity index (χ3v) is 5.03. The molecule has 0 radical (unpaired) electrons. The van der Waals surface area contributed by atoms with Crippen LogP contribution < -0.4 is 10.0 Å². The van der Waals surface area contributed by atoms with Crippen molar-refractivity contribution in [3.63, 3.8) is 0 Å². The van der Waals surface area contributed by atoms with E-state index in [9.17, 15) is 8.42 Å². The topological polar surface area (TPSA) is 58.2 Å². The zero-order valence-corrected chi connectivity index (χ0v) is 13.6. The molecule has 7 heteroatoms. The van der Waals surface area contributed by atoms with E-state index in [2.05, 4.69) is 41.9 Å². The van der Waals surface area contributed by atoms with E-state index in [0.717, 1.165) is 21.8 Å². The van der Waals surface area contributed by atoms with Crippen molar-refractivity contribution in [2.24, 2.45) is 0 Å². The van der Waals surface area contributed by atoms with Crippen molar-refractivity contribution in [3.8, 4) is 0 Å². The molecule has 1 aromatic rings. The monoisotopic (exact) mass is 396 g/mol. The minimum absolute atomic E-state index is 0.0858. The lowest BCUT2D eigenvalue weighted by molar-refractivity contribution is 0.595. The Bertz CT molecular complexity index is 530. The molecule has 1 fully saturated rings. The summed E-state index contributed by atoms with van der Waals surface area (Å²) in [6, 6.07) is 5.90. The Morgan fingerprint density at radius 2 is 2.00 bits per heavy atom. The van der Waals surface area contributed by atoms with E-state index in [-0.39, 0.29) is 5.75 Å². The van der Waals surface area contributed by atoms with Crippen molar-refractivity contribution in [3.05, 3.63) is 27.1 Å². The van der Waals surface area contributed by atoms with Crippen LogP contribution in [0.25, 0.3) is 0 Å². The summed E-state index contributed by atoms with van der Waals surface area (Å²) in [6.07, 6.45) is 2.31. The van der Waals surface area contributed by atoms with Crippen LogP contribution in [0, 0.1) is 0 Å². The van der Waals surface area contributed by atoms with E-state index in [0.29, 0.717) is 18.3 Å². The first-order chi connectivity index (χ1) is 8.46. The molecule has 2 N–H and O–H groups in total. The van der Waals surface area contributed by atoms with Gasteiger partial charge in [0, 0.05) is 21.5 Å². The fraction of sp³-hybridized carbons (Fsp3) is 0.455. The van der Waals surface area contributed by atoms with Crippen molar-refractivity contribution in [2.75, 3.05) is 17.0 Å². The van der Waals surface area contributed by atoms with Gasteiger partial charge in [-0.2, -0.15) is 0 Å². The molecule has 1 saturated carbocycles. The highest BCUT2D eigenvalue weighted by Gasteiger charge is 2.21. The van der Waals surface area contributed by atoms with Crippen LogP contribution in [0.2, 0.25) is 0 Å². The third-order valence-electron chi connectivity index (χ3n) is 2.58. The molecule has 2 rings (SSSR count). The molecule has 1 aliphatic rings. The summed E-state index contributed by atoms with van der Waals surface area (Å²) in [5.41, 5.74) is 0.552. The number of hydrogen-bond acceptors (Lipinski definition) is 3. The summed E-state index contributed by atoms with van der Waals surface area (Å²) >= 11 is 6.64. The average Bonchev–Trinajstić information content (AvgIpc) is 3.07. The second-order valence-corrected chi connectivity index (χ2v) is 7.89. The average molecular weight is 398 g/mol. The molecule has 18 heavy (non-hydrogen) atoms. The molecule has 4 nitrogen and oxygen atoms in total. The van der Waals surface area contributed by atoms with Crippen LogP contribution in [0.15, 0.2) is 27.1 Å². The van der Waals surface area contributed by atoms with Crippen LogP contribution in [0.1, 0.15) is 12.8 Å². The van der Waals surface area contributed by atoms with Crippen LogP contribution in [0.5, 0.6) is 0 Å². The van der Waals surface area contributed by atoms with Gasteiger partial charge in [-0.05, 0) is 47.0 Å². The van der Waals surface area contributed by atoms with Gasteiger partial charge in [-0.15, -0.1) is 0 Å². The second kappa shape index (κ2) is 5.90. The number of anilines is 1. The van der Waals surface area contributed by atoms with Crippen molar-refractivity contribution >= 4 is 47.6 Å². The van der Waals surface area contributed by atoms with Gasteiger partial charge in [-0.1, -0.05) is 15.9 Å². The fourth-order valence-electron chi connectivity index (χ4n) is 1.48. The van der Waals surface area contributed by atoms with Crippen LogP contribution >= 0.6 is 31.9 Å². The first kappa shape index (κ1) is 14.3. The van der Waals surface area contributed by atoms with Crippen LogP contribution in [0.3, 0.4) is 0 Å². The molecule has 0 saturated heterocycles. The fourth-order valence-corrected chi connectivity index (χ4v) is 3.31. The minimum atomic E-state index is -3.31. The molecule has 100 valence electrons. The van der Waals surface area contributed by atoms with E-state index >= 15 is 0 Å². The Morgan fingerprint density at radius 3 is 2.67 bits per heavy atom. The number of nitrogens with one attached hydrogen (secondary N) is 2. The smallest absolute Gasteiger partial charge is 0.234 e. The Balaban J connectivity index is 1.95. The van der Waals surface area contributed by atoms with Gasteiger partial charge >= 0.3 is 0 Å². The Kier molecular flexibility index (Phi) is 4.69. The molecule has 0 spiro atoms. The third kappa shape index (κ3) is 4.53. The molecule has 1 aromatic carbocycles. The predicted octanol–water partition coefficient (Wildman–Crippen LogP) is 2.71. The number of rotatable bonds is 6. The standard InChI is InChI=1S/C11H14Br2N2O2S/c12-8-1-4-10(13)11(7-8)15-18(16,17)6-5-14-9-2-3-9/h1,4,7,9,14-15H,2-3,5-6H2. The van der Waals surface area contributed by atoms with E-state index in [1.807, 2.05) is 6.07 Å². The van der Waals surface area contributed by atoms with E-state index in [1.54, 1.807) is 12.1 Å². The quantitative estimate of drug-likeness (QED) is 0.775. The highest BCUT2D eigenvalue weighted by atomic mass is 79.9. The largest absolute Gasteiger partial charge is 0.313 e. The molecule has 0 aromatic heterocycles. The molecule has 0 heterocycles. The summed E-state index contributed by atoms with van der Waals surface area (Å²) < 4.78 is 27.9. The van der Waals surface area contributed by atoms with Gasteiger partial charge in [0.2, 0.25) is 10.0 Å². The van der Waals surface area contributed by atoms with Crippen molar-refractivity contribution in [1.29, 1.82) is 0 Å². The van der Waals surface area contributed by atoms with Gasteiger partial charge in [0.1, 0.15) is 0 Å². The molecule has 0 bridgehead atoms. The number of benzene rings is 1.